The molecule has 1 aromatic carbocycles. The van der Waals surface area contributed by atoms with Gasteiger partial charge in [-0.1, -0.05) is 12.1 Å². The molecule has 4 heteroatoms. The number of carbonyl (C=O) groups is 1. The zero-order valence-electron chi connectivity index (χ0n) is 8.24. The monoisotopic (exact) mass is 270 g/mol. The summed E-state index contributed by atoms with van der Waals surface area (Å²) in [5.74, 6) is -0.256. The van der Waals surface area contributed by atoms with Crippen LogP contribution in [0.15, 0.2) is 28.7 Å². The Bertz CT molecular complexity index is 385. The second kappa shape index (κ2) is 5.56. The third-order valence-corrected chi connectivity index (χ3v) is 2.56. The highest BCUT2D eigenvalue weighted by atomic mass is 79.9. The van der Waals surface area contributed by atoms with Crippen molar-refractivity contribution in [3.63, 3.8) is 0 Å². The van der Waals surface area contributed by atoms with Gasteiger partial charge in [-0.15, -0.1) is 0 Å². The van der Waals surface area contributed by atoms with Crippen LogP contribution in [0, 0.1) is 0 Å². The van der Waals surface area contributed by atoms with Crippen LogP contribution in [0.1, 0.15) is 12.5 Å². The van der Waals surface area contributed by atoms with Gasteiger partial charge in [-0.25, -0.2) is 4.79 Å². The Hall–Kier alpha value is -1.29. The third-order valence-electron chi connectivity index (χ3n) is 1.69. The zero-order chi connectivity index (χ0) is 11.3. The summed E-state index contributed by atoms with van der Waals surface area (Å²) in [5.41, 5.74) is 0.725. The largest absolute Gasteiger partial charge is 0.507 e. The molecule has 0 saturated heterocycles. The second-order valence-corrected chi connectivity index (χ2v) is 3.56. The first-order valence-electron chi connectivity index (χ1n) is 4.47. The van der Waals surface area contributed by atoms with E-state index >= 15 is 0 Å². The van der Waals surface area contributed by atoms with Gasteiger partial charge in [0.15, 0.2) is 0 Å². The lowest BCUT2D eigenvalue weighted by molar-refractivity contribution is -0.137. The molecule has 0 aromatic heterocycles. The Kier molecular flexibility index (Phi) is 4.37. The highest BCUT2D eigenvalue weighted by Gasteiger charge is 2.01. The highest BCUT2D eigenvalue weighted by Crippen LogP contribution is 2.27. The van der Waals surface area contributed by atoms with Crippen LogP contribution in [0.3, 0.4) is 0 Å². The van der Waals surface area contributed by atoms with Crippen molar-refractivity contribution >= 4 is 28.0 Å². The van der Waals surface area contributed by atoms with Gasteiger partial charge < -0.3 is 9.84 Å². The van der Waals surface area contributed by atoms with E-state index in [1.54, 1.807) is 31.2 Å². The summed E-state index contributed by atoms with van der Waals surface area (Å²) in [6, 6.07) is 5.04. The fourth-order valence-corrected chi connectivity index (χ4v) is 1.41. The number of ether oxygens (including phenoxy) is 1. The smallest absolute Gasteiger partial charge is 0.330 e. The predicted octanol–water partition coefficient (Wildman–Crippen LogP) is 2.73. The summed E-state index contributed by atoms with van der Waals surface area (Å²) in [6.45, 7) is 2.10. The molecule has 80 valence electrons. The van der Waals surface area contributed by atoms with Gasteiger partial charge >= 0.3 is 5.97 Å². The maximum Gasteiger partial charge on any atom is 0.330 e. The number of phenolic OH excluding ortho intramolecular Hbond substituents is 1. The standard InChI is InChI=1S/C11H11BrO3/c1-2-15-10(14)7-6-8-4-3-5-9(13)11(8)12/h3-7,13H,2H2,1H3. The number of carbonyl (C=O) groups excluding carboxylic acids is 1. The predicted molar refractivity (Wildman–Crippen MR) is 61.5 cm³/mol. The van der Waals surface area contributed by atoms with Gasteiger partial charge in [0, 0.05) is 6.08 Å². The molecule has 0 fully saturated rings. The van der Waals surface area contributed by atoms with Crippen LogP contribution < -0.4 is 0 Å². The average molecular weight is 271 g/mol. The minimum Gasteiger partial charge on any atom is -0.507 e. The van der Waals surface area contributed by atoms with Crippen molar-refractivity contribution in [2.75, 3.05) is 6.61 Å². The maximum atomic E-state index is 11.0. The molecule has 0 unspecified atom stereocenters. The molecule has 0 radical (unpaired) electrons. The first-order chi connectivity index (χ1) is 7.15. The van der Waals surface area contributed by atoms with E-state index in [4.69, 9.17) is 4.74 Å². The minimum atomic E-state index is -0.396. The molecular formula is C11H11BrO3. The summed E-state index contributed by atoms with van der Waals surface area (Å²) in [5, 5.41) is 9.37. The molecule has 0 saturated carbocycles. The number of benzene rings is 1. The van der Waals surface area contributed by atoms with E-state index in [0.29, 0.717) is 11.1 Å². The SMILES string of the molecule is CCOC(=O)C=Cc1cccc(O)c1Br. The molecule has 1 rings (SSSR count). The van der Waals surface area contributed by atoms with Crippen LogP contribution in [-0.4, -0.2) is 17.7 Å². The maximum absolute atomic E-state index is 11.0. The molecule has 3 nitrogen and oxygen atoms in total. The fraction of sp³-hybridized carbons (Fsp3) is 0.182. The lowest BCUT2D eigenvalue weighted by Gasteiger charge is -2.00. The van der Waals surface area contributed by atoms with Crippen LogP contribution in [-0.2, 0) is 9.53 Å². The Balaban J connectivity index is 2.81. The van der Waals surface area contributed by atoms with Crippen molar-refractivity contribution < 1.29 is 14.6 Å². The van der Waals surface area contributed by atoms with Crippen molar-refractivity contribution in [1.82, 2.24) is 0 Å². The summed E-state index contributed by atoms with van der Waals surface area (Å²) < 4.78 is 5.29. The van der Waals surface area contributed by atoms with E-state index < -0.39 is 5.97 Å². The van der Waals surface area contributed by atoms with Crippen LogP contribution in [0.5, 0.6) is 5.75 Å². The molecule has 0 aliphatic rings. The molecule has 1 N–H and O–H groups in total. The Morgan fingerprint density at radius 2 is 2.33 bits per heavy atom. The minimum absolute atomic E-state index is 0.140. The van der Waals surface area contributed by atoms with E-state index in [1.807, 2.05) is 0 Å². The van der Waals surface area contributed by atoms with Crippen molar-refractivity contribution in [1.29, 1.82) is 0 Å². The van der Waals surface area contributed by atoms with Gasteiger partial charge in [0.2, 0.25) is 0 Å². The number of esters is 1. The van der Waals surface area contributed by atoms with E-state index in [1.165, 1.54) is 6.08 Å². The summed E-state index contributed by atoms with van der Waals surface area (Å²) in [6.07, 6.45) is 2.91. The average Bonchev–Trinajstić information content (AvgIpc) is 2.21. The molecule has 0 bridgehead atoms. The van der Waals surface area contributed by atoms with Gasteiger partial charge in [-0.3, -0.25) is 0 Å². The third kappa shape index (κ3) is 3.40. The Morgan fingerprint density at radius 3 is 3.00 bits per heavy atom. The van der Waals surface area contributed by atoms with Crippen molar-refractivity contribution in [3.05, 3.63) is 34.3 Å². The van der Waals surface area contributed by atoms with Gasteiger partial charge in [0.25, 0.3) is 0 Å². The van der Waals surface area contributed by atoms with Gasteiger partial charge in [0.05, 0.1) is 11.1 Å². The molecule has 0 heterocycles. The van der Waals surface area contributed by atoms with E-state index in [9.17, 15) is 9.90 Å². The molecule has 0 spiro atoms. The molecule has 0 aliphatic heterocycles. The van der Waals surface area contributed by atoms with Gasteiger partial charge in [-0.2, -0.15) is 0 Å². The van der Waals surface area contributed by atoms with Crippen LogP contribution in [0.2, 0.25) is 0 Å². The quantitative estimate of drug-likeness (QED) is 0.679. The number of rotatable bonds is 3. The van der Waals surface area contributed by atoms with Crippen LogP contribution >= 0.6 is 15.9 Å². The number of halogens is 1. The normalized spacial score (nSPS) is 10.5. The Morgan fingerprint density at radius 1 is 1.60 bits per heavy atom. The zero-order valence-corrected chi connectivity index (χ0v) is 9.82. The summed E-state index contributed by atoms with van der Waals surface area (Å²) >= 11 is 3.22. The molecule has 1 aromatic rings. The Labute approximate surface area is 96.5 Å². The number of hydrogen-bond acceptors (Lipinski definition) is 3. The molecular weight excluding hydrogens is 260 g/mol. The van der Waals surface area contributed by atoms with E-state index in [0.717, 1.165) is 5.56 Å². The highest BCUT2D eigenvalue weighted by molar-refractivity contribution is 9.10. The number of hydrogen-bond donors (Lipinski definition) is 1. The lowest BCUT2D eigenvalue weighted by atomic mass is 10.2. The van der Waals surface area contributed by atoms with Gasteiger partial charge in [0.1, 0.15) is 5.75 Å². The number of phenols is 1. The van der Waals surface area contributed by atoms with Gasteiger partial charge in [-0.05, 0) is 40.6 Å². The van der Waals surface area contributed by atoms with Crippen LogP contribution in [0.4, 0.5) is 0 Å². The molecule has 0 aliphatic carbocycles. The molecule has 0 amide bonds. The van der Waals surface area contributed by atoms with Crippen LogP contribution in [0.25, 0.3) is 6.08 Å². The summed E-state index contributed by atoms with van der Waals surface area (Å²) in [7, 11) is 0. The van der Waals surface area contributed by atoms with E-state index in [-0.39, 0.29) is 5.75 Å². The fourth-order valence-electron chi connectivity index (χ4n) is 1.01. The lowest BCUT2D eigenvalue weighted by Crippen LogP contribution is -1.98. The second-order valence-electron chi connectivity index (χ2n) is 2.77. The number of aromatic hydroxyl groups is 1. The van der Waals surface area contributed by atoms with Crippen molar-refractivity contribution in [2.24, 2.45) is 0 Å². The molecule has 0 atom stereocenters. The van der Waals surface area contributed by atoms with E-state index in [2.05, 4.69) is 15.9 Å². The topological polar surface area (TPSA) is 46.5 Å². The van der Waals surface area contributed by atoms with Crippen molar-refractivity contribution in [3.8, 4) is 5.75 Å². The first-order valence-corrected chi connectivity index (χ1v) is 5.26. The summed E-state index contributed by atoms with van der Waals surface area (Å²) in [4.78, 5) is 11.0. The van der Waals surface area contributed by atoms with Crippen molar-refractivity contribution in [2.45, 2.75) is 6.92 Å². The first kappa shape index (κ1) is 11.8. The molecule has 15 heavy (non-hydrogen) atoms.